The topological polar surface area (TPSA) is 66.4 Å². The summed E-state index contributed by atoms with van der Waals surface area (Å²) in [6.45, 7) is 3.01. The van der Waals surface area contributed by atoms with Gasteiger partial charge in [-0.3, -0.25) is 4.79 Å². The third-order valence-electron chi connectivity index (χ3n) is 2.74. The van der Waals surface area contributed by atoms with Crippen LogP contribution in [0, 0.1) is 5.82 Å². The Morgan fingerprint density at radius 2 is 2.11 bits per heavy atom. The average Bonchev–Trinajstić information content (AvgIpc) is 2.31. The molecule has 0 aromatic heterocycles. The number of hydrogen-bond donors (Lipinski definition) is 2. The van der Waals surface area contributed by atoms with Crippen LogP contribution in [0.25, 0.3) is 0 Å². The molecule has 0 saturated heterocycles. The molecule has 0 aliphatic rings. The predicted molar refractivity (Wildman–Crippen MR) is 67.9 cm³/mol. The van der Waals surface area contributed by atoms with Crippen molar-refractivity contribution in [3.8, 4) is 0 Å². The number of carboxylic acids is 1. The second kappa shape index (κ2) is 5.48. The summed E-state index contributed by atoms with van der Waals surface area (Å²) in [7, 11) is 0. The van der Waals surface area contributed by atoms with Crippen molar-refractivity contribution in [2.45, 2.75) is 25.8 Å². The molecule has 4 nitrogen and oxygen atoms in total. The van der Waals surface area contributed by atoms with Crippen LogP contribution in [0.15, 0.2) is 22.7 Å². The minimum absolute atomic E-state index is 0.190. The summed E-state index contributed by atoms with van der Waals surface area (Å²) in [6, 6.07) is 3.91. The molecule has 1 unspecified atom stereocenters. The maximum absolute atomic E-state index is 13.5. The van der Waals surface area contributed by atoms with E-state index in [-0.39, 0.29) is 12.0 Å². The second-order valence-electron chi connectivity index (χ2n) is 4.07. The van der Waals surface area contributed by atoms with E-state index in [0.717, 1.165) is 6.07 Å². The molecule has 98 valence electrons. The van der Waals surface area contributed by atoms with Crippen LogP contribution in [-0.2, 0) is 4.79 Å². The van der Waals surface area contributed by atoms with Crippen molar-refractivity contribution in [1.82, 2.24) is 5.32 Å². The van der Waals surface area contributed by atoms with Crippen LogP contribution >= 0.6 is 15.9 Å². The summed E-state index contributed by atoms with van der Waals surface area (Å²) >= 11 is 3.13. The summed E-state index contributed by atoms with van der Waals surface area (Å²) in [5.74, 6) is -2.60. The van der Waals surface area contributed by atoms with E-state index in [0.29, 0.717) is 4.47 Å². The molecule has 1 aromatic rings. The maximum atomic E-state index is 13.5. The van der Waals surface area contributed by atoms with Gasteiger partial charge in [0.05, 0.1) is 5.56 Å². The molecular formula is C12H13BrFNO3. The van der Waals surface area contributed by atoms with Gasteiger partial charge in [0.2, 0.25) is 0 Å². The fourth-order valence-corrected chi connectivity index (χ4v) is 1.64. The van der Waals surface area contributed by atoms with Gasteiger partial charge < -0.3 is 10.4 Å². The van der Waals surface area contributed by atoms with Gasteiger partial charge in [0.1, 0.15) is 11.4 Å². The molecule has 0 bridgehead atoms. The summed E-state index contributed by atoms with van der Waals surface area (Å²) in [5, 5.41) is 11.4. The van der Waals surface area contributed by atoms with E-state index in [2.05, 4.69) is 21.2 Å². The summed E-state index contributed by atoms with van der Waals surface area (Å²) in [6.07, 6.45) is 0.198. The fourth-order valence-electron chi connectivity index (χ4n) is 1.28. The molecule has 0 aliphatic carbocycles. The number of carbonyl (C=O) groups excluding carboxylic acids is 1. The van der Waals surface area contributed by atoms with Crippen LogP contribution in [0.5, 0.6) is 0 Å². The Balaban J connectivity index is 3.02. The maximum Gasteiger partial charge on any atom is 0.329 e. The molecule has 2 N–H and O–H groups in total. The molecule has 1 aromatic carbocycles. The number of carboxylic acid groups (broad SMARTS) is 1. The number of amides is 1. The highest BCUT2D eigenvalue weighted by atomic mass is 79.9. The lowest BCUT2D eigenvalue weighted by molar-refractivity contribution is -0.143. The first-order valence-corrected chi connectivity index (χ1v) is 6.10. The van der Waals surface area contributed by atoms with Gasteiger partial charge in [-0.25, -0.2) is 9.18 Å². The molecule has 1 rings (SSSR count). The first-order chi connectivity index (χ1) is 8.30. The number of benzene rings is 1. The Bertz CT molecular complexity index is 492. The molecule has 0 spiro atoms. The highest BCUT2D eigenvalue weighted by Crippen LogP contribution is 2.17. The summed E-state index contributed by atoms with van der Waals surface area (Å²) < 4.78 is 14.0. The first-order valence-electron chi connectivity index (χ1n) is 5.31. The van der Waals surface area contributed by atoms with E-state index in [1.165, 1.54) is 19.1 Å². The van der Waals surface area contributed by atoms with Crippen LogP contribution in [0.2, 0.25) is 0 Å². The number of halogens is 2. The van der Waals surface area contributed by atoms with E-state index in [9.17, 15) is 14.0 Å². The van der Waals surface area contributed by atoms with Crippen LogP contribution in [-0.4, -0.2) is 22.5 Å². The Kier molecular flexibility index (Phi) is 4.45. The minimum atomic E-state index is -1.41. The van der Waals surface area contributed by atoms with Crippen molar-refractivity contribution in [3.05, 3.63) is 34.1 Å². The Labute approximate surface area is 112 Å². The van der Waals surface area contributed by atoms with Crippen LogP contribution in [0.3, 0.4) is 0 Å². The van der Waals surface area contributed by atoms with Gasteiger partial charge in [0.25, 0.3) is 5.91 Å². The molecule has 1 amide bonds. The average molecular weight is 318 g/mol. The first kappa shape index (κ1) is 14.6. The number of rotatable bonds is 4. The van der Waals surface area contributed by atoms with Crippen molar-refractivity contribution < 1.29 is 19.1 Å². The zero-order chi connectivity index (χ0) is 13.9. The molecule has 0 radical (unpaired) electrons. The third-order valence-corrected chi connectivity index (χ3v) is 3.23. The summed E-state index contributed by atoms with van der Waals surface area (Å²) in [5.41, 5.74) is -1.60. The number of hydrogen-bond acceptors (Lipinski definition) is 2. The van der Waals surface area contributed by atoms with Crippen LogP contribution < -0.4 is 5.32 Å². The van der Waals surface area contributed by atoms with Crippen molar-refractivity contribution in [2.24, 2.45) is 0 Å². The van der Waals surface area contributed by atoms with Gasteiger partial charge in [-0.2, -0.15) is 0 Å². The molecule has 0 saturated carbocycles. The van der Waals surface area contributed by atoms with E-state index >= 15 is 0 Å². The van der Waals surface area contributed by atoms with Gasteiger partial charge >= 0.3 is 5.97 Å². The predicted octanol–water partition coefficient (Wildman–Crippen LogP) is 2.57. The fraction of sp³-hybridized carbons (Fsp3) is 0.333. The van der Waals surface area contributed by atoms with E-state index in [1.807, 2.05) is 0 Å². The highest BCUT2D eigenvalue weighted by Gasteiger charge is 2.33. The third kappa shape index (κ3) is 3.07. The van der Waals surface area contributed by atoms with Gasteiger partial charge in [0.15, 0.2) is 0 Å². The smallest absolute Gasteiger partial charge is 0.329 e. The number of nitrogens with one attached hydrogen (secondary N) is 1. The Morgan fingerprint density at radius 3 is 2.61 bits per heavy atom. The lowest BCUT2D eigenvalue weighted by Gasteiger charge is -2.24. The quantitative estimate of drug-likeness (QED) is 0.897. The molecule has 6 heteroatoms. The highest BCUT2D eigenvalue weighted by molar-refractivity contribution is 9.10. The zero-order valence-electron chi connectivity index (χ0n) is 9.96. The van der Waals surface area contributed by atoms with Crippen molar-refractivity contribution >= 4 is 27.8 Å². The van der Waals surface area contributed by atoms with Crippen molar-refractivity contribution in [1.29, 1.82) is 0 Å². The lowest BCUT2D eigenvalue weighted by Crippen LogP contribution is -2.51. The minimum Gasteiger partial charge on any atom is -0.480 e. The Morgan fingerprint density at radius 1 is 1.50 bits per heavy atom. The zero-order valence-corrected chi connectivity index (χ0v) is 11.5. The van der Waals surface area contributed by atoms with Gasteiger partial charge in [0, 0.05) is 4.47 Å². The molecule has 18 heavy (non-hydrogen) atoms. The molecule has 0 heterocycles. The number of carbonyl (C=O) groups is 2. The van der Waals surface area contributed by atoms with Gasteiger partial charge in [-0.15, -0.1) is 0 Å². The van der Waals surface area contributed by atoms with E-state index in [4.69, 9.17) is 5.11 Å². The molecule has 0 fully saturated rings. The molecule has 0 aliphatic heterocycles. The van der Waals surface area contributed by atoms with Crippen molar-refractivity contribution in [3.63, 3.8) is 0 Å². The standard InChI is InChI=1S/C12H13BrFNO3/c1-3-12(2,11(17)18)15-10(16)8-6-7(13)4-5-9(8)14/h4-6H,3H2,1-2H3,(H,15,16)(H,17,18). The van der Waals surface area contributed by atoms with Crippen LogP contribution in [0.1, 0.15) is 30.6 Å². The normalized spacial score (nSPS) is 13.8. The summed E-state index contributed by atoms with van der Waals surface area (Å²) in [4.78, 5) is 22.9. The Hall–Kier alpha value is -1.43. The largest absolute Gasteiger partial charge is 0.480 e. The number of aliphatic carboxylic acids is 1. The van der Waals surface area contributed by atoms with Gasteiger partial charge in [-0.05, 0) is 31.5 Å². The van der Waals surface area contributed by atoms with Crippen molar-refractivity contribution in [2.75, 3.05) is 0 Å². The molecular weight excluding hydrogens is 305 g/mol. The second-order valence-corrected chi connectivity index (χ2v) is 4.98. The van der Waals surface area contributed by atoms with E-state index < -0.39 is 23.2 Å². The monoisotopic (exact) mass is 317 g/mol. The SMILES string of the molecule is CCC(C)(NC(=O)c1cc(Br)ccc1F)C(=O)O. The van der Waals surface area contributed by atoms with Crippen LogP contribution in [0.4, 0.5) is 4.39 Å². The van der Waals surface area contributed by atoms with Gasteiger partial charge in [-0.1, -0.05) is 22.9 Å². The van der Waals surface area contributed by atoms with E-state index in [1.54, 1.807) is 6.92 Å². The molecule has 1 atom stereocenters. The lowest BCUT2D eigenvalue weighted by atomic mass is 9.98.